The molecule has 2 aromatic rings. The molecule has 0 aliphatic heterocycles. The van der Waals surface area contributed by atoms with Gasteiger partial charge in [0.2, 0.25) is 0 Å². The Kier molecular flexibility index (Phi) is 5.47. The van der Waals surface area contributed by atoms with Crippen LogP contribution < -0.4 is 10.1 Å². The van der Waals surface area contributed by atoms with E-state index in [0.717, 1.165) is 10.9 Å². The number of rotatable bonds is 5. The van der Waals surface area contributed by atoms with Gasteiger partial charge in [-0.15, -0.1) is 0 Å². The molecular weight excluding hydrogens is 368 g/mol. The fourth-order valence-electron chi connectivity index (χ4n) is 2.05. The van der Waals surface area contributed by atoms with E-state index in [-0.39, 0.29) is 12.3 Å². The number of hydrogen-bond donors (Lipinski definition) is 1. The Balaban J connectivity index is 2.04. The molecule has 0 bridgehead atoms. The predicted molar refractivity (Wildman–Crippen MR) is 77.4 cm³/mol. The van der Waals surface area contributed by atoms with Gasteiger partial charge in [-0.25, -0.2) is 0 Å². The monoisotopic (exact) mass is 381 g/mol. The number of benzene rings is 1. The van der Waals surface area contributed by atoms with Crippen LogP contribution in [0.25, 0.3) is 0 Å². The first-order valence-electron chi connectivity index (χ1n) is 7.13. The number of carbonyl (C=O) groups excluding carboxylic acids is 1. The van der Waals surface area contributed by atoms with E-state index in [0.29, 0.717) is 5.56 Å². The smallest absolute Gasteiger partial charge is 0.435 e. The minimum Gasteiger partial charge on any atom is -0.484 e. The number of nitrogens with zero attached hydrogens (tertiary/aromatic N) is 2. The van der Waals surface area contributed by atoms with Crippen molar-refractivity contribution in [2.45, 2.75) is 18.9 Å². The molecule has 0 saturated carbocycles. The summed E-state index contributed by atoms with van der Waals surface area (Å²) in [6.07, 6.45) is -8.36. The van der Waals surface area contributed by atoms with Crippen LogP contribution in [0.1, 0.15) is 21.6 Å². The van der Waals surface area contributed by atoms with Gasteiger partial charge in [0.05, 0.1) is 5.56 Å². The van der Waals surface area contributed by atoms with Crippen molar-refractivity contribution >= 4 is 5.91 Å². The first-order chi connectivity index (χ1) is 12.0. The lowest BCUT2D eigenvalue weighted by atomic mass is 10.2. The zero-order valence-corrected chi connectivity index (χ0v) is 13.3. The van der Waals surface area contributed by atoms with Gasteiger partial charge in [-0.05, 0) is 17.7 Å². The zero-order chi connectivity index (χ0) is 19.5. The van der Waals surface area contributed by atoms with E-state index in [1.165, 1.54) is 31.3 Å². The lowest BCUT2D eigenvalue weighted by Crippen LogP contribution is -2.25. The van der Waals surface area contributed by atoms with Crippen LogP contribution in [0.15, 0.2) is 30.5 Å². The third-order valence-corrected chi connectivity index (χ3v) is 3.10. The summed E-state index contributed by atoms with van der Waals surface area (Å²) >= 11 is 0. The highest BCUT2D eigenvalue weighted by Crippen LogP contribution is 2.30. The summed E-state index contributed by atoms with van der Waals surface area (Å²) in [6, 6.07) is 5.42. The highest BCUT2D eigenvalue weighted by Gasteiger charge is 2.38. The van der Waals surface area contributed by atoms with Gasteiger partial charge < -0.3 is 10.1 Å². The summed E-state index contributed by atoms with van der Waals surface area (Å²) in [5, 5.41) is 5.49. The molecule has 1 heterocycles. The van der Waals surface area contributed by atoms with E-state index < -0.39 is 36.1 Å². The molecule has 1 N–H and O–H groups in total. The third kappa shape index (κ3) is 5.39. The van der Waals surface area contributed by atoms with Crippen molar-refractivity contribution in [3.05, 3.63) is 47.3 Å². The number of alkyl halides is 6. The molecule has 11 heteroatoms. The molecule has 1 aromatic carbocycles. The van der Waals surface area contributed by atoms with Crippen LogP contribution in [-0.4, -0.2) is 28.5 Å². The molecule has 0 aliphatic carbocycles. The Labute approximate surface area is 143 Å². The van der Waals surface area contributed by atoms with Crippen LogP contribution in [0.4, 0.5) is 26.3 Å². The molecule has 0 unspecified atom stereocenters. The van der Waals surface area contributed by atoms with Gasteiger partial charge >= 0.3 is 12.4 Å². The summed E-state index contributed by atoms with van der Waals surface area (Å²) in [5.41, 5.74) is -1.61. The molecule has 0 atom stereocenters. The van der Waals surface area contributed by atoms with E-state index in [1.807, 2.05) is 0 Å². The summed E-state index contributed by atoms with van der Waals surface area (Å²) in [7, 11) is 1.24. The van der Waals surface area contributed by atoms with Crippen molar-refractivity contribution < 1.29 is 35.9 Å². The maximum atomic E-state index is 12.9. The topological polar surface area (TPSA) is 56.2 Å². The Morgan fingerprint density at radius 2 is 1.92 bits per heavy atom. The van der Waals surface area contributed by atoms with Crippen LogP contribution in [0.5, 0.6) is 5.75 Å². The molecule has 142 valence electrons. The second-order valence-corrected chi connectivity index (χ2v) is 5.30. The minimum absolute atomic E-state index is 0.0774. The summed E-state index contributed by atoms with van der Waals surface area (Å²) < 4.78 is 80.4. The minimum atomic E-state index is -4.79. The van der Waals surface area contributed by atoms with Gasteiger partial charge in [-0.3, -0.25) is 9.48 Å². The van der Waals surface area contributed by atoms with Gasteiger partial charge in [-0.2, -0.15) is 31.4 Å². The molecule has 0 fully saturated rings. The van der Waals surface area contributed by atoms with Crippen LogP contribution in [0.3, 0.4) is 0 Å². The van der Waals surface area contributed by atoms with Crippen molar-refractivity contribution in [1.29, 1.82) is 0 Å². The van der Waals surface area contributed by atoms with E-state index in [9.17, 15) is 31.1 Å². The fraction of sp³-hybridized carbons (Fsp3) is 0.333. The number of aryl methyl sites for hydroxylation is 1. The predicted octanol–water partition coefficient (Wildman–Crippen LogP) is 3.31. The van der Waals surface area contributed by atoms with E-state index in [2.05, 4.69) is 15.2 Å². The van der Waals surface area contributed by atoms with Crippen LogP contribution >= 0.6 is 0 Å². The fourth-order valence-corrected chi connectivity index (χ4v) is 2.05. The van der Waals surface area contributed by atoms with Crippen molar-refractivity contribution in [2.24, 2.45) is 7.05 Å². The van der Waals surface area contributed by atoms with Crippen molar-refractivity contribution in [3.8, 4) is 5.75 Å². The van der Waals surface area contributed by atoms with Crippen molar-refractivity contribution in [1.82, 2.24) is 15.1 Å². The second-order valence-electron chi connectivity index (χ2n) is 5.30. The maximum Gasteiger partial charge on any atom is 0.435 e. The summed E-state index contributed by atoms with van der Waals surface area (Å²) in [4.78, 5) is 12.0. The van der Waals surface area contributed by atoms with Crippen LogP contribution in [0.2, 0.25) is 0 Å². The molecule has 0 aliphatic rings. The highest BCUT2D eigenvalue weighted by molar-refractivity contribution is 5.95. The molecule has 1 amide bonds. The quantitative estimate of drug-likeness (QED) is 0.809. The molecular formula is C15H13F6N3O2. The number of aromatic nitrogens is 2. The van der Waals surface area contributed by atoms with E-state index in [1.54, 1.807) is 0 Å². The first-order valence-corrected chi connectivity index (χ1v) is 7.13. The van der Waals surface area contributed by atoms with E-state index in [4.69, 9.17) is 0 Å². The van der Waals surface area contributed by atoms with Crippen molar-refractivity contribution in [3.63, 3.8) is 0 Å². The number of nitrogens with one attached hydrogen (secondary N) is 1. The largest absolute Gasteiger partial charge is 0.484 e. The van der Waals surface area contributed by atoms with Crippen LogP contribution in [-0.2, 0) is 19.8 Å². The molecule has 5 nitrogen and oxygen atoms in total. The van der Waals surface area contributed by atoms with E-state index >= 15 is 0 Å². The maximum absolute atomic E-state index is 12.9. The number of carbonyl (C=O) groups is 1. The lowest BCUT2D eigenvalue weighted by Gasteiger charge is -2.11. The lowest BCUT2D eigenvalue weighted by molar-refractivity contribution is -0.153. The van der Waals surface area contributed by atoms with Crippen LogP contribution in [0, 0.1) is 0 Å². The molecule has 26 heavy (non-hydrogen) atoms. The molecule has 0 saturated heterocycles. The number of hydrogen-bond acceptors (Lipinski definition) is 3. The molecule has 0 radical (unpaired) electrons. The van der Waals surface area contributed by atoms with Gasteiger partial charge in [0.15, 0.2) is 12.3 Å². The Morgan fingerprint density at radius 3 is 2.54 bits per heavy atom. The normalized spacial score (nSPS) is 12.1. The standard InChI is InChI=1S/C15H13F6N3O2/c1-24-7-11(12(23-24)15(19,20)21)13(25)22-6-9-3-2-4-10(5-9)26-8-14(16,17)18/h2-5,7H,6,8H2,1H3,(H,22,25). The molecule has 1 aromatic heterocycles. The number of halogens is 6. The summed E-state index contributed by atoms with van der Waals surface area (Å²) in [5.74, 6) is -1.08. The number of ether oxygens (including phenoxy) is 1. The summed E-state index contributed by atoms with van der Waals surface area (Å²) in [6.45, 7) is -1.68. The molecule has 0 spiro atoms. The average Bonchev–Trinajstić information content (AvgIpc) is 2.93. The van der Waals surface area contributed by atoms with Gasteiger partial charge in [0, 0.05) is 19.8 Å². The Hall–Kier alpha value is -2.72. The van der Waals surface area contributed by atoms with Gasteiger partial charge in [0.25, 0.3) is 5.91 Å². The first kappa shape index (κ1) is 19.6. The SMILES string of the molecule is Cn1cc(C(=O)NCc2cccc(OCC(F)(F)F)c2)c(C(F)(F)F)n1. The second kappa shape index (κ2) is 7.26. The van der Waals surface area contributed by atoms with Crippen molar-refractivity contribution in [2.75, 3.05) is 6.61 Å². The Bertz CT molecular complexity index is 782. The average molecular weight is 381 g/mol. The number of amides is 1. The van der Waals surface area contributed by atoms with Gasteiger partial charge in [0.1, 0.15) is 5.75 Å². The third-order valence-electron chi connectivity index (χ3n) is 3.10. The molecule has 2 rings (SSSR count). The highest BCUT2D eigenvalue weighted by atomic mass is 19.4. The van der Waals surface area contributed by atoms with Gasteiger partial charge in [-0.1, -0.05) is 12.1 Å². The Morgan fingerprint density at radius 1 is 1.23 bits per heavy atom. The zero-order valence-electron chi connectivity index (χ0n) is 13.3.